The number of halogens is 2. The first-order chi connectivity index (χ1) is 12.2. The molecule has 25 heavy (non-hydrogen) atoms. The Morgan fingerprint density at radius 3 is 2.16 bits per heavy atom. The molecular weight excluding hydrogens is 318 g/mol. The number of nitrogens with one attached hydrogen (secondary N) is 1. The molecule has 0 aromatic heterocycles. The van der Waals surface area contributed by atoms with Crippen LogP contribution in [0.25, 0.3) is 0 Å². The number of hydrogen-bond acceptors (Lipinski definition) is 2. The molecule has 1 aliphatic rings. The zero-order valence-corrected chi connectivity index (χ0v) is 13.4. The number of hydrogen-bond donors (Lipinski definition) is 1. The molecule has 3 aromatic carbocycles. The lowest BCUT2D eigenvalue weighted by molar-refractivity contribution is 0.626. The largest absolute Gasteiger partial charge is 0.376 e. The third-order valence-electron chi connectivity index (χ3n) is 4.34. The fraction of sp³-hybridized carbons (Fsp3) is 0.0952. The predicted octanol–water partition coefficient (Wildman–Crippen LogP) is 5.64. The smallest absolute Gasteiger partial charge is 0.123 e. The van der Waals surface area contributed by atoms with E-state index in [4.69, 9.17) is 4.99 Å². The van der Waals surface area contributed by atoms with E-state index in [-0.39, 0.29) is 17.7 Å². The third-order valence-corrected chi connectivity index (χ3v) is 4.34. The first-order valence-electron chi connectivity index (χ1n) is 8.13. The summed E-state index contributed by atoms with van der Waals surface area (Å²) < 4.78 is 26.5. The molecule has 0 amide bonds. The van der Waals surface area contributed by atoms with Crippen molar-refractivity contribution in [3.63, 3.8) is 0 Å². The third kappa shape index (κ3) is 3.29. The van der Waals surface area contributed by atoms with Crippen molar-refractivity contribution < 1.29 is 8.78 Å². The molecular formula is C21H16F2N2. The van der Waals surface area contributed by atoms with Gasteiger partial charge < -0.3 is 5.32 Å². The molecule has 1 heterocycles. The Morgan fingerprint density at radius 2 is 1.44 bits per heavy atom. The van der Waals surface area contributed by atoms with E-state index in [2.05, 4.69) is 5.32 Å². The van der Waals surface area contributed by atoms with Gasteiger partial charge in [-0.3, -0.25) is 4.99 Å². The summed E-state index contributed by atoms with van der Waals surface area (Å²) in [5.74, 6) is -0.531. The van der Waals surface area contributed by atoms with E-state index in [1.54, 1.807) is 24.3 Å². The van der Waals surface area contributed by atoms with Crippen LogP contribution in [-0.4, -0.2) is 5.71 Å². The molecule has 1 unspecified atom stereocenters. The van der Waals surface area contributed by atoms with E-state index in [1.165, 1.54) is 24.3 Å². The minimum Gasteiger partial charge on any atom is -0.376 e. The fourth-order valence-electron chi connectivity index (χ4n) is 3.04. The molecule has 2 nitrogen and oxygen atoms in total. The molecule has 1 atom stereocenters. The topological polar surface area (TPSA) is 24.4 Å². The Bertz CT molecular complexity index is 915. The van der Waals surface area contributed by atoms with Crippen LogP contribution in [0.5, 0.6) is 0 Å². The van der Waals surface area contributed by atoms with E-state index in [9.17, 15) is 8.78 Å². The second-order valence-corrected chi connectivity index (χ2v) is 6.04. The first-order valence-corrected chi connectivity index (χ1v) is 8.13. The second kappa shape index (κ2) is 6.48. The van der Waals surface area contributed by atoms with Crippen molar-refractivity contribution in [2.24, 2.45) is 4.99 Å². The minimum atomic E-state index is -0.272. The van der Waals surface area contributed by atoms with Crippen molar-refractivity contribution in [3.8, 4) is 0 Å². The van der Waals surface area contributed by atoms with E-state index >= 15 is 0 Å². The van der Waals surface area contributed by atoms with Crippen molar-refractivity contribution >= 4 is 17.1 Å². The summed E-state index contributed by atoms with van der Waals surface area (Å²) in [6.07, 6.45) is 0.617. The van der Waals surface area contributed by atoms with Gasteiger partial charge in [0, 0.05) is 6.42 Å². The Balaban J connectivity index is 1.78. The number of benzene rings is 3. The van der Waals surface area contributed by atoms with E-state index in [1.807, 2.05) is 24.3 Å². The van der Waals surface area contributed by atoms with Crippen LogP contribution in [0.1, 0.15) is 23.6 Å². The summed E-state index contributed by atoms with van der Waals surface area (Å²) in [7, 11) is 0. The first kappa shape index (κ1) is 15.5. The maximum absolute atomic E-state index is 13.3. The van der Waals surface area contributed by atoms with E-state index in [0.717, 1.165) is 28.2 Å². The number of rotatable bonds is 2. The van der Waals surface area contributed by atoms with Crippen LogP contribution < -0.4 is 5.32 Å². The second-order valence-electron chi connectivity index (χ2n) is 6.04. The molecule has 0 radical (unpaired) electrons. The van der Waals surface area contributed by atoms with Crippen LogP contribution in [0, 0.1) is 11.6 Å². The minimum absolute atomic E-state index is 0.0481. The molecule has 1 N–H and O–H groups in total. The van der Waals surface area contributed by atoms with Gasteiger partial charge in [-0.05, 0) is 47.5 Å². The molecule has 4 rings (SSSR count). The standard InChI is InChI=1S/C21H16F2N2/c22-16-9-5-14(6-10-16)20-13-21(15-7-11-17(23)12-8-15)25-19-4-2-1-3-18(19)24-20/h1-12,20,24H,13H2. The molecule has 124 valence electrons. The summed E-state index contributed by atoms with van der Waals surface area (Å²) in [4.78, 5) is 4.79. The lowest BCUT2D eigenvalue weighted by Gasteiger charge is -2.19. The maximum Gasteiger partial charge on any atom is 0.123 e. The van der Waals surface area contributed by atoms with Crippen LogP contribution in [-0.2, 0) is 0 Å². The van der Waals surface area contributed by atoms with Crippen molar-refractivity contribution in [1.29, 1.82) is 0 Å². The highest BCUT2D eigenvalue weighted by Gasteiger charge is 2.21. The Labute approximate surface area is 144 Å². The van der Waals surface area contributed by atoms with Crippen molar-refractivity contribution in [2.75, 3.05) is 5.32 Å². The number of fused-ring (bicyclic) bond motifs is 1. The zero-order valence-electron chi connectivity index (χ0n) is 13.4. The molecule has 4 heteroatoms. The van der Waals surface area contributed by atoms with Crippen LogP contribution >= 0.6 is 0 Å². The summed E-state index contributed by atoms with van der Waals surface area (Å²) in [5, 5.41) is 3.50. The average molecular weight is 334 g/mol. The molecule has 0 spiro atoms. The highest BCUT2D eigenvalue weighted by Crippen LogP contribution is 2.35. The molecule has 0 aliphatic carbocycles. The van der Waals surface area contributed by atoms with Crippen LogP contribution in [0.4, 0.5) is 20.2 Å². The number of nitrogens with zero attached hydrogens (tertiary/aromatic N) is 1. The number of anilines is 1. The van der Waals surface area contributed by atoms with E-state index < -0.39 is 0 Å². The monoisotopic (exact) mass is 334 g/mol. The van der Waals surface area contributed by atoms with Gasteiger partial charge in [-0.2, -0.15) is 0 Å². The van der Waals surface area contributed by atoms with Gasteiger partial charge in [-0.1, -0.05) is 36.4 Å². The highest BCUT2D eigenvalue weighted by atomic mass is 19.1. The number of para-hydroxylation sites is 2. The lowest BCUT2D eigenvalue weighted by atomic mass is 9.97. The van der Waals surface area contributed by atoms with Gasteiger partial charge in [0.25, 0.3) is 0 Å². The maximum atomic E-state index is 13.3. The molecule has 1 aliphatic heterocycles. The lowest BCUT2D eigenvalue weighted by Crippen LogP contribution is -2.14. The normalized spacial score (nSPS) is 16.4. The summed E-state index contributed by atoms with van der Waals surface area (Å²) in [6, 6.07) is 20.6. The fourth-order valence-corrected chi connectivity index (χ4v) is 3.04. The van der Waals surface area contributed by atoms with Gasteiger partial charge in [0.1, 0.15) is 11.6 Å². The van der Waals surface area contributed by atoms with Crippen molar-refractivity contribution in [2.45, 2.75) is 12.5 Å². The number of aliphatic imine (C=N–C) groups is 1. The predicted molar refractivity (Wildman–Crippen MR) is 96.4 cm³/mol. The van der Waals surface area contributed by atoms with Crippen molar-refractivity contribution in [3.05, 3.63) is 95.6 Å². The summed E-state index contributed by atoms with van der Waals surface area (Å²) in [6.45, 7) is 0. The molecule has 0 bridgehead atoms. The van der Waals surface area contributed by atoms with Crippen LogP contribution in [0.15, 0.2) is 77.8 Å². The Hall–Kier alpha value is -3.01. The van der Waals surface area contributed by atoms with Gasteiger partial charge in [0.15, 0.2) is 0 Å². The highest BCUT2D eigenvalue weighted by molar-refractivity contribution is 6.04. The van der Waals surface area contributed by atoms with Crippen LogP contribution in [0.3, 0.4) is 0 Å². The average Bonchev–Trinajstić information content (AvgIpc) is 2.82. The quantitative estimate of drug-likeness (QED) is 0.644. The van der Waals surface area contributed by atoms with Gasteiger partial charge in [-0.15, -0.1) is 0 Å². The molecule has 0 saturated carbocycles. The van der Waals surface area contributed by atoms with Gasteiger partial charge >= 0.3 is 0 Å². The van der Waals surface area contributed by atoms with Crippen molar-refractivity contribution in [1.82, 2.24) is 0 Å². The van der Waals surface area contributed by atoms with E-state index in [0.29, 0.717) is 6.42 Å². The molecule has 0 fully saturated rings. The summed E-state index contributed by atoms with van der Waals surface area (Å²) >= 11 is 0. The zero-order chi connectivity index (χ0) is 17.2. The summed E-state index contributed by atoms with van der Waals surface area (Å²) in [5.41, 5.74) is 4.49. The molecule has 0 saturated heterocycles. The van der Waals surface area contributed by atoms with Crippen LogP contribution in [0.2, 0.25) is 0 Å². The van der Waals surface area contributed by atoms with Gasteiger partial charge in [0.05, 0.1) is 23.1 Å². The SMILES string of the molecule is Fc1ccc(C2=Nc3ccccc3NC(c3ccc(F)cc3)C2)cc1. The Kier molecular flexibility index (Phi) is 4.02. The van der Waals surface area contributed by atoms with Gasteiger partial charge in [-0.25, -0.2) is 8.78 Å². The Morgan fingerprint density at radius 1 is 0.800 bits per heavy atom. The molecule has 3 aromatic rings. The van der Waals surface area contributed by atoms with Gasteiger partial charge in [0.2, 0.25) is 0 Å².